The maximum Gasteiger partial charge on any atom is 0.507 e. The van der Waals surface area contributed by atoms with Crippen molar-refractivity contribution in [1.29, 1.82) is 0 Å². The molecule has 0 aromatic carbocycles. The first-order valence-electron chi connectivity index (χ1n) is 12.8. The molecule has 4 saturated carbocycles. The summed E-state index contributed by atoms with van der Waals surface area (Å²) < 4.78 is 29.0. The number of rotatable bonds is 13. The molecule has 206 valence electrons. The predicted molar refractivity (Wildman–Crippen MR) is 139 cm³/mol. The summed E-state index contributed by atoms with van der Waals surface area (Å²) in [5, 5.41) is -0.180. The molecular formula is C22H50N6O5Si2. The highest BCUT2D eigenvalue weighted by atomic mass is 28.4. The van der Waals surface area contributed by atoms with E-state index in [-0.39, 0.29) is 20.9 Å². The molecule has 0 atom stereocenters. The third-order valence-electron chi connectivity index (χ3n) is 9.59. The van der Waals surface area contributed by atoms with E-state index >= 15 is 0 Å². The SMILES string of the molecule is CCO[Si](C)(OCC)C1(C2(C(N)(N)N)CC2)CC1.CO[Si](OC)(OC)C1(C2(C(N)(N)N)CC2)CC1. The van der Waals surface area contributed by atoms with Gasteiger partial charge in [0.2, 0.25) is 0 Å². The van der Waals surface area contributed by atoms with Crippen LogP contribution in [0.15, 0.2) is 0 Å². The summed E-state index contributed by atoms with van der Waals surface area (Å²) in [4.78, 5) is 0. The fourth-order valence-electron chi connectivity index (χ4n) is 7.30. The van der Waals surface area contributed by atoms with Crippen LogP contribution in [0.3, 0.4) is 0 Å². The van der Waals surface area contributed by atoms with E-state index in [4.69, 9.17) is 56.5 Å². The van der Waals surface area contributed by atoms with E-state index in [0.29, 0.717) is 13.2 Å². The van der Waals surface area contributed by atoms with Gasteiger partial charge in [-0.15, -0.1) is 0 Å². The Labute approximate surface area is 212 Å². The van der Waals surface area contributed by atoms with E-state index in [9.17, 15) is 0 Å². The molecule has 0 aliphatic heterocycles. The van der Waals surface area contributed by atoms with Crippen molar-refractivity contribution in [3.05, 3.63) is 0 Å². The van der Waals surface area contributed by atoms with Crippen molar-refractivity contribution in [1.82, 2.24) is 0 Å². The van der Waals surface area contributed by atoms with Crippen molar-refractivity contribution >= 4 is 17.4 Å². The molecule has 0 bridgehead atoms. The van der Waals surface area contributed by atoms with Crippen LogP contribution in [0.5, 0.6) is 0 Å². The summed E-state index contributed by atoms with van der Waals surface area (Å²) in [5.41, 5.74) is 35.6. The van der Waals surface area contributed by atoms with Gasteiger partial charge in [0.25, 0.3) is 0 Å². The van der Waals surface area contributed by atoms with Crippen molar-refractivity contribution in [2.24, 2.45) is 45.2 Å². The quantitative estimate of drug-likeness (QED) is 0.143. The molecule has 0 unspecified atom stereocenters. The molecule has 0 saturated heterocycles. The highest BCUT2D eigenvalue weighted by Gasteiger charge is 2.83. The van der Waals surface area contributed by atoms with Crippen LogP contribution in [-0.2, 0) is 22.1 Å². The van der Waals surface area contributed by atoms with E-state index in [0.717, 1.165) is 51.4 Å². The Kier molecular flexibility index (Phi) is 7.87. The van der Waals surface area contributed by atoms with Gasteiger partial charge in [0.15, 0.2) is 0 Å². The standard InChI is InChI=1S/C12H27N3O2Si.C10H23N3O3Si/c1-4-16-18(3,17-5-2)11(8-9-11)10(6-7-10)12(13,14)15;1-14-17(15-2,16-3)9(6-7-9)8(4-5-8)10(11,12)13/h4-9,13-15H2,1-3H3;4-7,11-13H2,1-3H3. The molecule has 4 aliphatic carbocycles. The lowest BCUT2D eigenvalue weighted by Gasteiger charge is -2.45. The summed E-state index contributed by atoms with van der Waals surface area (Å²) in [6, 6.07) is 0. The molecule has 13 heteroatoms. The lowest BCUT2D eigenvalue weighted by molar-refractivity contribution is 0.0758. The third kappa shape index (κ3) is 4.20. The van der Waals surface area contributed by atoms with Gasteiger partial charge in [-0.2, -0.15) is 0 Å². The van der Waals surface area contributed by atoms with Gasteiger partial charge in [0.05, 0.1) is 5.04 Å². The molecule has 0 amide bonds. The Morgan fingerprint density at radius 3 is 1.11 bits per heavy atom. The molecule has 35 heavy (non-hydrogen) atoms. The first-order valence-corrected chi connectivity index (χ1v) is 16.8. The normalized spacial score (nSPS) is 25.4. The Bertz CT molecular complexity index is 736. The van der Waals surface area contributed by atoms with E-state index in [2.05, 4.69) is 6.55 Å². The van der Waals surface area contributed by atoms with Crippen LogP contribution in [0, 0.1) is 10.8 Å². The van der Waals surface area contributed by atoms with Crippen LogP contribution in [0.25, 0.3) is 0 Å². The summed E-state index contributed by atoms with van der Waals surface area (Å²) in [7, 11) is -0.168. The second-order valence-corrected chi connectivity index (χ2v) is 17.9. The maximum atomic E-state index is 6.07. The smallest absolute Gasteiger partial charge is 0.394 e. The molecule has 11 nitrogen and oxygen atoms in total. The van der Waals surface area contributed by atoms with Gasteiger partial charge < -0.3 is 56.5 Å². The van der Waals surface area contributed by atoms with Crippen molar-refractivity contribution < 1.29 is 22.1 Å². The van der Waals surface area contributed by atoms with E-state index in [1.54, 1.807) is 21.3 Å². The van der Waals surface area contributed by atoms with Crippen LogP contribution in [0.1, 0.15) is 65.2 Å². The second kappa shape index (κ2) is 9.33. The van der Waals surface area contributed by atoms with Gasteiger partial charge in [-0.3, -0.25) is 0 Å². The van der Waals surface area contributed by atoms with Crippen LogP contribution in [0.4, 0.5) is 0 Å². The summed E-state index contributed by atoms with van der Waals surface area (Å²) in [5.74, 6) is -2.32. The van der Waals surface area contributed by atoms with Crippen LogP contribution in [0.2, 0.25) is 16.6 Å². The average Bonchev–Trinajstić information content (AvgIpc) is 3.62. The minimum Gasteiger partial charge on any atom is -0.394 e. The van der Waals surface area contributed by atoms with E-state index in [1.807, 2.05) is 13.8 Å². The van der Waals surface area contributed by atoms with Crippen LogP contribution >= 0.6 is 0 Å². The topological polar surface area (TPSA) is 202 Å². The molecule has 4 rings (SSSR count). The van der Waals surface area contributed by atoms with Gasteiger partial charge in [-0.1, -0.05) is 0 Å². The summed E-state index contributed by atoms with van der Waals surface area (Å²) in [6.45, 7) is 7.53. The Morgan fingerprint density at radius 2 is 0.914 bits per heavy atom. The van der Waals surface area contributed by atoms with Gasteiger partial charge in [-0.05, 0) is 71.8 Å². The minimum absolute atomic E-state index is 0.0181. The Balaban J connectivity index is 0.000000196. The molecule has 0 aromatic rings. The molecule has 4 fully saturated rings. The first kappa shape index (κ1) is 29.5. The predicted octanol–water partition coefficient (Wildman–Crippen LogP) is 0.685. The molecule has 0 heterocycles. The lowest BCUT2D eigenvalue weighted by atomic mass is 9.92. The van der Waals surface area contributed by atoms with Gasteiger partial charge in [0.1, 0.15) is 11.6 Å². The van der Waals surface area contributed by atoms with Crippen molar-refractivity contribution in [2.45, 2.75) is 93.4 Å². The maximum absolute atomic E-state index is 6.07. The number of hydrogen-bond acceptors (Lipinski definition) is 11. The number of hydrogen-bond donors (Lipinski definition) is 6. The molecule has 0 aromatic heterocycles. The second-order valence-electron chi connectivity index (χ2n) is 11.2. The van der Waals surface area contributed by atoms with Gasteiger partial charge in [0, 0.05) is 50.4 Å². The minimum atomic E-state index is -2.76. The molecule has 0 radical (unpaired) electrons. The van der Waals surface area contributed by atoms with Crippen LogP contribution < -0.4 is 34.4 Å². The summed E-state index contributed by atoms with van der Waals surface area (Å²) in [6.07, 6.45) is 7.93. The van der Waals surface area contributed by atoms with Crippen molar-refractivity contribution in [2.75, 3.05) is 34.5 Å². The molecule has 0 spiro atoms. The number of nitrogens with two attached hydrogens (primary N) is 6. The highest BCUT2D eigenvalue weighted by molar-refractivity contribution is 6.70. The van der Waals surface area contributed by atoms with Crippen molar-refractivity contribution in [3.8, 4) is 0 Å². The van der Waals surface area contributed by atoms with E-state index < -0.39 is 28.9 Å². The average molecular weight is 535 g/mol. The molecular weight excluding hydrogens is 484 g/mol. The van der Waals surface area contributed by atoms with Crippen molar-refractivity contribution in [3.63, 3.8) is 0 Å². The Hall–Kier alpha value is -0.00623. The molecule has 12 N–H and O–H groups in total. The Morgan fingerprint density at radius 1 is 0.600 bits per heavy atom. The third-order valence-corrected chi connectivity index (χ3v) is 17.8. The van der Waals surface area contributed by atoms with Gasteiger partial charge in [-0.25, -0.2) is 0 Å². The monoisotopic (exact) mass is 534 g/mol. The summed E-state index contributed by atoms with van der Waals surface area (Å²) >= 11 is 0. The largest absolute Gasteiger partial charge is 0.507 e. The highest BCUT2D eigenvalue weighted by Crippen LogP contribution is 2.82. The van der Waals surface area contributed by atoms with Crippen LogP contribution in [-0.4, -0.2) is 63.5 Å². The fraction of sp³-hybridized carbons (Fsp3) is 1.00. The van der Waals surface area contributed by atoms with Gasteiger partial charge >= 0.3 is 17.4 Å². The first-order chi connectivity index (χ1) is 16.1. The molecule has 4 aliphatic rings. The zero-order valence-electron chi connectivity index (χ0n) is 22.6. The van der Waals surface area contributed by atoms with E-state index in [1.165, 1.54) is 0 Å². The zero-order valence-corrected chi connectivity index (χ0v) is 24.6. The lowest BCUT2D eigenvalue weighted by Crippen LogP contribution is -2.69. The zero-order chi connectivity index (χ0) is 26.6. The fourth-order valence-corrected chi connectivity index (χ4v) is 14.9.